The summed E-state index contributed by atoms with van der Waals surface area (Å²) in [6.45, 7) is 2.46. The summed E-state index contributed by atoms with van der Waals surface area (Å²) in [4.78, 5) is 28.6. The molecule has 2 aliphatic heterocycles. The molecule has 2 heterocycles. The van der Waals surface area contributed by atoms with Crippen LogP contribution in [-0.4, -0.2) is 53.9 Å². The number of hydrogen-bond donors (Lipinski definition) is 0. The number of likely N-dealkylation sites (tertiary alicyclic amines) is 2. The van der Waals surface area contributed by atoms with Crippen LogP contribution in [0.4, 0.5) is 8.78 Å². The summed E-state index contributed by atoms with van der Waals surface area (Å²) in [6, 6.07) is 10.1. The van der Waals surface area contributed by atoms with E-state index < -0.39 is 11.6 Å². The van der Waals surface area contributed by atoms with Gasteiger partial charge in [-0.25, -0.2) is 8.78 Å². The molecule has 0 bridgehead atoms. The summed E-state index contributed by atoms with van der Waals surface area (Å²) in [5, 5.41) is 0. The molecule has 1 unspecified atom stereocenters. The summed E-state index contributed by atoms with van der Waals surface area (Å²) in [5.74, 6) is -1.67. The van der Waals surface area contributed by atoms with Crippen LogP contribution in [0.1, 0.15) is 46.4 Å². The van der Waals surface area contributed by atoms with Gasteiger partial charge in [0.15, 0.2) is 11.6 Å². The minimum Gasteiger partial charge on any atom is -0.491 e. The first kappa shape index (κ1) is 20.3. The standard InChI is InChI=1S/C23H24F2N2O3/c24-20-10-7-17(14-21(20)25)23(29)27-13-3-4-18(27)15-30-19-8-5-16(6-9-19)22(28)26-11-1-2-12-26/h5-10,14,18H,1-4,11-13,15H2. The maximum Gasteiger partial charge on any atom is 0.254 e. The van der Waals surface area contributed by atoms with Crippen LogP contribution >= 0.6 is 0 Å². The van der Waals surface area contributed by atoms with Gasteiger partial charge in [0.05, 0.1) is 6.04 Å². The van der Waals surface area contributed by atoms with Gasteiger partial charge in [0.1, 0.15) is 12.4 Å². The lowest BCUT2D eigenvalue weighted by molar-refractivity contribution is 0.0690. The quantitative estimate of drug-likeness (QED) is 0.746. The Balaban J connectivity index is 1.36. The lowest BCUT2D eigenvalue weighted by Crippen LogP contribution is -2.39. The fourth-order valence-corrected chi connectivity index (χ4v) is 4.06. The number of hydrogen-bond acceptors (Lipinski definition) is 3. The predicted molar refractivity (Wildman–Crippen MR) is 107 cm³/mol. The van der Waals surface area contributed by atoms with Crippen molar-refractivity contribution in [3.8, 4) is 5.75 Å². The van der Waals surface area contributed by atoms with Crippen molar-refractivity contribution >= 4 is 11.8 Å². The van der Waals surface area contributed by atoms with Crippen molar-refractivity contribution in [2.24, 2.45) is 0 Å². The van der Waals surface area contributed by atoms with E-state index in [4.69, 9.17) is 4.74 Å². The van der Waals surface area contributed by atoms with E-state index in [1.807, 2.05) is 4.90 Å². The van der Waals surface area contributed by atoms with E-state index in [1.54, 1.807) is 29.2 Å². The third-order valence-corrected chi connectivity index (χ3v) is 5.74. The lowest BCUT2D eigenvalue weighted by atomic mass is 10.1. The smallest absolute Gasteiger partial charge is 0.254 e. The third kappa shape index (κ3) is 4.30. The van der Waals surface area contributed by atoms with Gasteiger partial charge in [-0.2, -0.15) is 0 Å². The van der Waals surface area contributed by atoms with Crippen LogP contribution in [0.15, 0.2) is 42.5 Å². The van der Waals surface area contributed by atoms with Crippen molar-refractivity contribution in [2.75, 3.05) is 26.2 Å². The van der Waals surface area contributed by atoms with Gasteiger partial charge in [-0.05, 0) is 68.1 Å². The van der Waals surface area contributed by atoms with Crippen LogP contribution in [0, 0.1) is 11.6 Å². The highest BCUT2D eigenvalue weighted by atomic mass is 19.2. The minimum atomic E-state index is -1.03. The van der Waals surface area contributed by atoms with Crippen LogP contribution in [-0.2, 0) is 0 Å². The molecule has 0 N–H and O–H groups in total. The normalized spacial score (nSPS) is 18.7. The van der Waals surface area contributed by atoms with Gasteiger partial charge in [0.25, 0.3) is 11.8 Å². The summed E-state index contributed by atoms with van der Waals surface area (Å²) in [5.41, 5.74) is 0.769. The first-order chi connectivity index (χ1) is 14.5. The molecule has 4 rings (SSSR count). The second-order valence-electron chi connectivity index (χ2n) is 7.76. The molecule has 0 saturated carbocycles. The second kappa shape index (κ2) is 8.81. The highest BCUT2D eigenvalue weighted by Gasteiger charge is 2.30. The molecule has 2 saturated heterocycles. The van der Waals surface area contributed by atoms with Gasteiger partial charge in [-0.1, -0.05) is 0 Å². The Hall–Kier alpha value is -2.96. The van der Waals surface area contributed by atoms with Gasteiger partial charge in [0, 0.05) is 30.8 Å². The average molecular weight is 414 g/mol. The summed E-state index contributed by atoms with van der Waals surface area (Å²) < 4.78 is 32.5. The molecule has 2 aliphatic rings. The Bertz CT molecular complexity index is 927. The summed E-state index contributed by atoms with van der Waals surface area (Å²) in [7, 11) is 0. The van der Waals surface area contributed by atoms with E-state index in [0.29, 0.717) is 24.5 Å². The van der Waals surface area contributed by atoms with Crippen LogP contribution in [0.25, 0.3) is 0 Å². The van der Waals surface area contributed by atoms with Crippen molar-refractivity contribution in [1.82, 2.24) is 9.80 Å². The van der Waals surface area contributed by atoms with Gasteiger partial charge in [-0.15, -0.1) is 0 Å². The molecule has 1 atom stereocenters. The van der Waals surface area contributed by atoms with Gasteiger partial charge in [-0.3, -0.25) is 9.59 Å². The number of benzene rings is 2. The predicted octanol–water partition coefficient (Wildman–Crippen LogP) is 3.88. The number of carbonyl (C=O) groups is 2. The van der Waals surface area contributed by atoms with Crippen molar-refractivity contribution in [3.05, 3.63) is 65.2 Å². The molecule has 0 spiro atoms. The fourth-order valence-electron chi connectivity index (χ4n) is 4.06. The molecule has 2 aromatic carbocycles. The topological polar surface area (TPSA) is 49.9 Å². The Kier molecular flexibility index (Phi) is 5.97. The van der Waals surface area contributed by atoms with Crippen molar-refractivity contribution in [1.29, 1.82) is 0 Å². The van der Waals surface area contributed by atoms with Gasteiger partial charge < -0.3 is 14.5 Å². The van der Waals surface area contributed by atoms with E-state index in [2.05, 4.69) is 0 Å². The maximum absolute atomic E-state index is 13.5. The first-order valence-electron chi connectivity index (χ1n) is 10.3. The number of nitrogens with zero attached hydrogens (tertiary/aromatic N) is 2. The van der Waals surface area contributed by atoms with E-state index >= 15 is 0 Å². The summed E-state index contributed by atoms with van der Waals surface area (Å²) in [6.07, 6.45) is 3.70. The lowest BCUT2D eigenvalue weighted by Gasteiger charge is -2.25. The molecule has 2 amide bonds. The Labute approximate surface area is 174 Å². The van der Waals surface area contributed by atoms with Crippen LogP contribution in [0.3, 0.4) is 0 Å². The van der Waals surface area contributed by atoms with Crippen LogP contribution in [0.5, 0.6) is 5.75 Å². The maximum atomic E-state index is 13.5. The number of halogens is 2. The molecule has 0 radical (unpaired) electrons. The van der Waals surface area contributed by atoms with E-state index in [1.165, 1.54) is 6.07 Å². The number of ether oxygens (including phenoxy) is 1. The number of carbonyl (C=O) groups excluding carboxylic acids is 2. The highest BCUT2D eigenvalue weighted by molar-refractivity contribution is 5.95. The Morgan fingerprint density at radius 1 is 0.867 bits per heavy atom. The zero-order valence-electron chi connectivity index (χ0n) is 16.7. The van der Waals surface area contributed by atoms with E-state index in [-0.39, 0.29) is 23.4 Å². The van der Waals surface area contributed by atoms with E-state index in [9.17, 15) is 18.4 Å². The molecule has 158 valence electrons. The monoisotopic (exact) mass is 414 g/mol. The number of amides is 2. The highest BCUT2D eigenvalue weighted by Crippen LogP contribution is 2.23. The minimum absolute atomic E-state index is 0.0399. The SMILES string of the molecule is O=C(c1ccc(OCC2CCCN2C(=O)c2ccc(F)c(F)c2)cc1)N1CCCC1. The summed E-state index contributed by atoms with van der Waals surface area (Å²) >= 11 is 0. The molecule has 5 nitrogen and oxygen atoms in total. The van der Waals surface area contributed by atoms with Crippen LogP contribution < -0.4 is 4.74 Å². The van der Waals surface area contributed by atoms with Crippen molar-refractivity contribution in [2.45, 2.75) is 31.7 Å². The Morgan fingerprint density at radius 2 is 1.57 bits per heavy atom. The number of rotatable bonds is 5. The first-order valence-corrected chi connectivity index (χ1v) is 10.3. The average Bonchev–Trinajstić information content (AvgIpc) is 3.46. The van der Waals surface area contributed by atoms with Gasteiger partial charge in [0.2, 0.25) is 0 Å². The molecule has 30 heavy (non-hydrogen) atoms. The third-order valence-electron chi connectivity index (χ3n) is 5.74. The largest absolute Gasteiger partial charge is 0.491 e. The molecule has 0 aromatic heterocycles. The molecule has 0 aliphatic carbocycles. The molecule has 7 heteroatoms. The van der Waals surface area contributed by atoms with E-state index in [0.717, 1.165) is 50.9 Å². The van der Waals surface area contributed by atoms with Crippen molar-refractivity contribution < 1.29 is 23.1 Å². The van der Waals surface area contributed by atoms with Crippen LogP contribution in [0.2, 0.25) is 0 Å². The molecular formula is C23H24F2N2O3. The zero-order chi connectivity index (χ0) is 21.1. The van der Waals surface area contributed by atoms with Crippen molar-refractivity contribution in [3.63, 3.8) is 0 Å². The fraction of sp³-hybridized carbons (Fsp3) is 0.391. The zero-order valence-corrected chi connectivity index (χ0v) is 16.7. The Morgan fingerprint density at radius 3 is 2.27 bits per heavy atom. The molecule has 2 aromatic rings. The molecular weight excluding hydrogens is 390 g/mol. The molecule has 2 fully saturated rings. The van der Waals surface area contributed by atoms with Gasteiger partial charge >= 0.3 is 0 Å². The second-order valence-corrected chi connectivity index (χ2v) is 7.76.